The van der Waals surface area contributed by atoms with Crippen molar-refractivity contribution in [3.8, 4) is 6.07 Å². The Kier molecular flexibility index (Phi) is 4.76. The number of carbonyl (C=O) groups is 1. The van der Waals surface area contributed by atoms with Crippen molar-refractivity contribution in [3.63, 3.8) is 0 Å². The van der Waals surface area contributed by atoms with E-state index in [-0.39, 0.29) is 5.57 Å². The largest absolute Gasteiger partial charge is 0.321 e. The summed E-state index contributed by atoms with van der Waals surface area (Å²) in [6.07, 6.45) is 1.57. The highest BCUT2D eigenvalue weighted by atomic mass is 35.5. The number of anilines is 1. The molecule has 0 fully saturated rings. The molecule has 0 radical (unpaired) electrons. The topological polar surface area (TPSA) is 52.9 Å². The first-order chi connectivity index (χ1) is 10.1. The van der Waals surface area contributed by atoms with Gasteiger partial charge in [0.25, 0.3) is 5.91 Å². The molecule has 0 aromatic heterocycles. The highest BCUT2D eigenvalue weighted by Gasteiger charge is 2.09. The molecule has 0 aliphatic rings. The lowest BCUT2D eigenvalue weighted by atomic mass is 10.1. The van der Waals surface area contributed by atoms with E-state index in [1.165, 1.54) is 0 Å². The predicted octanol–water partition coefficient (Wildman–Crippen LogP) is 4.19. The van der Waals surface area contributed by atoms with Crippen LogP contribution < -0.4 is 5.32 Å². The first-order valence-corrected chi connectivity index (χ1v) is 6.71. The lowest BCUT2D eigenvalue weighted by molar-refractivity contribution is -0.112. The Morgan fingerprint density at radius 1 is 1.24 bits per heavy atom. The molecular weight excluding hydrogens is 284 g/mol. The molecule has 0 saturated heterocycles. The lowest BCUT2D eigenvalue weighted by Gasteiger charge is -2.04. The smallest absolute Gasteiger partial charge is 0.266 e. The van der Waals surface area contributed by atoms with Crippen molar-refractivity contribution in [2.24, 2.45) is 0 Å². The Morgan fingerprint density at radius 2 is 1.95 bits per heavy atom. The van der Waals surface area contributed by atoms with Crippen LogP contribution in [0.5, 0.6) is 0 Å². The zero-order valence-corrected chi connectivity index (χ0v) is 12.2. The minimum atomic E-state index is -0.443. The van der Waals surface area contributed by atoms with Crippen molar-refractivity contribution < 1.29 is 4.79 Å². The van der Waals surface area contributed by atoms with Crippen molar-refractivity contribution in [3.05, 3.63) is 70.3 Å². The summed E-state index contributed by atoms with van der Waals surface area (Å²) >= 11 is 5.78. The molecule has 2 aromatic rings. The molecule has 2 rings (SSSR count). The Balaban J connectivity index is 2.19. The van der Waals surface area contributed by atoms with Gasteiger partial charge in [-0.3, -0.25) is 4.79 Å². The monoisotopic (exact) mass is 296 g/mol. The number of nitrogens with zero attached hydrogens (tertiary/aromatic N) is 1. The fourth-order valence-corrected chi connectivity index (χ4v) is 1.93. The van der Waals surface area contributed by atoms with E-state index in [4.69, 9.17) is 16.9 Å². The van der Waals surface area contributed by atoms with Gasteiger partial charge in [0.15, 0.2) is 0 Å². The van der Waals surface area contributed by atoms with Crippen molar-refractivity contribution in [2.75, 3.05) is 5.32 Å². The lowest BCUT2D eigenvalue weighted by Crippen LogP contribution is -2.13. The zero-order valence-electron chi connectivity index (χ0n) is 11.4. The summed E-state index contributed by atoms with van der Waals surface area (Å²) < 4.78 is 0. The first kappa shape index (κ1) is 14.8. The van der Waals surface area contributed by atoms with Crippen molar-refractivity contribution in [2.45, 2.75) is 6.92 Å². The van der Waals surface area contributed by atoms with Gasteiger partial charge in [-0.25, -0.2) is 0 Å². The van der Waals surface area contributed by atoms with E-state index in [1.807, 2.05) is 37.3 Å². The summed E-state index contributed by atoms with van der Waals surface area (Å²) in [6, 6.07) is 16.2. The molecule has 21 heavy (non-hydrogen) atoms. The van der Waals surface area contributed by atoms with Crippen molar-refractivity contribution >= 4 is 29.3 Å². The normalized spacial score (nSPS) is 10.8. The molecule has 0 aliphatic heterocycles. The number of rotatable bonds is 3. The van der Waals surface area contributed by atoms with Crippen LogP contribution in [0.15, 0.2) is 54.1 Å². The minimum Gasteiger partial charge on any atom is -0.321 e. The minimum absolute atomic E-state index is 0.0514. The summed E-state index contributed by atoms with van der Waals surface area (Å²) in [5.74, 6) is -0.443. The van der Waals surface area contributed by atoms with Gasteiger partial charge in [0, 0.05) is 10.7 Å². The first-order valence-electron chi connectivity index (χ1n) is 6.34. The molecule has 2 aromatic carbocycles. The van der Waals surface area contributed by atoms with E-state index in [1.54, 1.807) is 30.3 Å². The second-order valence-electron chi connectivity index (χ2n) is 4.54. The van der Waals surface area contributed by atoms with Gasteiger partial charge < -0.3 is 5.32 Å². The highest BCUT2D eigenvalue weighted by Crippen LogP contribution is 2.15. The molecule has 4 heteroatoms. The number of nitriles is 1. The van der Waals surface area contributed by atoms with Gasteiger partial charge >= 0.3 is 0 Å². The molecule has 3 nitrogen and oxygen atoms in total. The van der Waals surface area contributed by atoms with Crippen LogP contribution >= 0.6 is 11.6 Å². The van der Waals surface area contributed by atoms with Gasteiger partial charge in [-0.2, -0.15) is 5.26 Å². The summed E-state index contributed by atoms with van der Waals surface area (Å²) in [5, 5.41) is 12.4. The fourth-order valence-electron chi connectivity index (χ4n) is 1.81. The maximum Gasteiger partial charge on any atom is 0.266 e. The Hall–Kier alpha value is -2.57. The van der Waals surface area contributed by atoms with Crippen LogP contribution in [0.1, 0.15) is 11.1 Å². The van der Waals surface area contributed by atoms with Crippen LogP contribution in [-0.2, 0) is 4.79 Å². The molecule has 1 N–H and O–H groups in total. The molecule has 0 heterocycles. The van der Waals surface area contributed by atoms with Crippen LogP contribution in [-0.4, -0.2) is 5.91 Å². The van der Waals surface area contributed by atoms with Gasteiger partial charge in [0.1, 0.15) is 11.6 Å². The number of amides is 1. The van der Waals surface area contributed by atoms with Gasteiger partial charge in [0.2, 0.25) is 0 Å². The molecule has 0 spiro atoms. The third-order valence-corrected chi connectivity index (χ3v) is 3.07. The molecule has 0 bridgehead atoms. The highest BCUT2D eigenvalue weighted by molar-refractivity contribution is 6.30. The fraction of sp³-hybridized carbons (Fsp3) is 0.0588. The number of carbonyl (C=O) groups excluding carboxylic acids is 1. The summed E-state index contributed by atoms with van der Waals surface area (Å²) in [5.41, 5.74) is 2.53. The number of hydrogen-bond acceptors (Lipinski definition) is 2. The Morgan fingerprint density at radius 3 is 2.57 bits per heavy atom. The predicted molar refractivity (Wildman–Crippen MR) is 84.9 cm³/mol. The molecule has 1 amide bonds. The van der Waals surface area contributed by atoms with Crippen molar-refractivity contribution in [1.82, 2.24) is 0 Å². The van der Waals surface area contributed by atoms with Gasteiger partial charge in [-0.15, -0.1) is 0 Å². The number of aryl methyl sites for hydroxylation is 1. The maximum absolute atomic E-state index is 12.1. The number of nitrogens with one attached hydrogen (secondary N) is 1. The van der Waals surface area contributed by atoms with E-state index in [9.17, 15) is 4.79 Å². The average molecular weight is 297 g/mol. The van der Waals surface area contributed by atoms with Crippen LogP contribution in [0.2, 0.25) is 5.02 Å². The third-order valence-electron chi connectivity index (χ3n) is 2.82. The third kappa shape index (κ3) is 4.20. The second kappa shape index (κ2) is 6.74. The van der Waals surface area contributed by atoms with Crippen LogP contribution in [0.25, 0.3) is 6.08 Å². The van der Waals surface area contributed by atoms with E-state index >= 15 is 0 Å². The average Bonchev–Trinajstić information content (AvgIpc) is 2.47. The molecule has 0 aliphatic carbocycles. The number of hydrogen-bond donors (Lipinski definition) is 1. The SMILES string of the molecule is Cc1cccc(C=C(C#N)C(=O)Nc2ccc(Cl)cc2)c1. The standard InChI is InChI=1S/C17H13ClN2O/c1-12-3-2-4-13(9-12)10-14(11-19)17(21)20-16-7-5-15(18)6-8-16/h2-10H,1H3,(H,20,21). The molecule has 0 atom stereocenters. The molecule has 104 valence electrons. The van der Waals surface area contributed by atoms with Crippen molar-refractivity contribution in [1.29, 1.82) is 5.26 Å². The Labute approximate surface area is 128 Å². The maximum atomic E-state index is 12.1. The summed E-state index contributed by atoms with van der Waals surface area (Å²) in [6.45, 7) is 1.96. The van der Waals surface area contributed by atoms with E-state index in [0.29, 0.717) is 10.7 Å². The van der Waals surface area contributed by atoms with Gasteiger partial charge in [0.05, 0.1) is 0 Å². The van der Waals surface area contributed by atoms with E-state index < -0.39 is 5.91 Å². The van der Waals surface area contributed by atoms with Crippen LogP contribution in [0.3, 0.4) is 0 Å². The molecule has 0 unspecified atom stereocenters. The van der Waals surface area contributed by atoms with E-state index in [2.05, 4.69) is 5.32 Å². The van der Waals surface area contributed by atoms with Crippen LogP contribution in [0.4, 0.5) is 5.69 Å². The zero-order chi connectivity index (χ0) is 15.2. The quantitative estimate of drug-likeness (QED) is 0.682. The van der Waals surface area contributed by atoms with Crippen LogP contribution in [0, 0.1) is 18.3 Å². The Bertz CT molecular complexity index is 727. The van der Waals surface area contributed by atoms with E-state index in [0.717, 1.165) is 11.1 Å². The summed E-state index contributed by atoms with van der Waals surface area (Å²) in [7, 11) is 0. The molecule has 0 saturated carbocycles. The molecular formula is C17H13ClN2O. The van der Waals surface area contributed by atoms with Gasteiger partial charge in [-0.05, 0) is 42.8 Å². The van der Waals surface area contributed by atoms with Gasteiger partial charge in [-0.1, -0.05) is 41.4 Å². The number of benzene rings is 2. The number of halogens is 1. The summed E-state index contributed by atoms with van der Waals surface area (Å²) in [4.78, 5) is 12.1. The second-order valence-corrected chi connectivity index (χ2v) is 4.98.